The van der Waals surface area contributed by atoms with Gasteiger partial charge in [-0.3, -0.25) is 4.40 Å². The second kappa shape index (κ2) is 7.80. The Morgan fingerprint density at radius 2 is 1.14 bits per heavy atom. The number of para-hydroxylation sites is 3. The zero-order valence-corrected chi connectivity index (χ0v) is 22.6. The van der Waals surface area contributed by atoms with E-state index in [0.29, 0.717) is 0 Å². The van der Waals surface area contributed by atoms with Crippen LogP contribution in [0.25, 0.3) is 60.5 Å². The third-order valence-electron chi connectivity index (χ3n) is 9.37. The Kier molecular flexibility index (Phi) is 4.12. The zero-order valence-electron chi connectivity index (χ0n) is 22.6. The van der Waals surface area contributed by atoms with Crippen LogP contribution in [0.1, 0.15) is 22.3 Å². The van der Waals surface area contributed by atoms with Gasteiger partial charge >= 0.3 is 0 Å². The minimum atomic E-state index is -0.520. The Morgan fingerprint density at radius 1 is 0.524 bits per heavy atom. The number of benzene rings is 6. The van der Waals surface area contributed by atoms with Gasteiger partial charge in [-0.15, -0.1) is 0 Å². The number of nitrogens with zero attached hydrogens (tertiary/aromatic N) is 3. The molecule has 0 atom stereocenters. The van der Waals surface area contributed by atoms with Crippen molar-refractivity contribution in [2.75, 3.05) is 0 Å². The minimum absolute atomic E-state index is 0.520. The molecule has 6 aromatic carbocycles. The number of hydrogen-bond donors (Lipinski definition) is 0. The number of rotatable bonds is 2. The van der Waals surface area contributed by atoms with Crippen LogP contribution in [-0.2, 0) is 5.41 Å². The zero-order chi connectivity index (χ0) is 27.4. The molecule has 10 rings (SSSR count). The molecular weight excluding hydrogens is 510 g/mol. The molecule has 0 spiro atoms. The van der Waals surface area contributed by atoms with Crippen LogP contribution >= 0.6 is 0 Å². The molecule has 0 bridgehead atoms. The van der Waals surface area contributed by atoms with Crippen LogP contribution in [-0.4, -0.2) is 14.4 Å². The van der Waals surface area contributed by atoms with Gasteiger partial charge in [0.25, 0.3) is 0 Å². The first-order chi connectivity index (χ1) is 20.9. The lowest BCUT2D eigenvalue weighted by atomic mass is 9.67. The predicted octanol–water partition coefficient (Wildman–Crippen LogP) is 9.14. The summed E-state index contributed by atoms with van der Waals surface area (Å²) in [5.74, 6) is 0. The maximum absolute atomic E-state index is 5.38. The summed E-state index contributed by atoms with van der Waals surface area (Å²) in [4.78, 5) is 10.7. The van der Waals surface area contributed by atoms with E-state index in [2.05, 4.69) is 132 Å². The second-order valence-corrected chi connectivity index (χ2v) is 11.3. The lowest BCUT2D eigenvalue weighted by Crippen LogP contribution is -2.28. The maximum Gasteiger partial charge on any atom is 0.165 e. The van der Waals surface area contributed by atoms with E-state index in [1.54, 1.807) is 0 Å². The molecule has 194 valence electrons. The van der Waals surface area contributed by atoms with Crippen molar-refractivity contribution in [3.05, 3.63) is 162 Å². The third-order valence-corrected chi connectivity index (χ3v) is 9.37. The van der Waals surface area contributed by atoms with Crippen molar-refractivity contribution in [1.29, 1.82) is 0 Å². The average molecular weight is 534 g/mol. The van der Waals surface area contributed by atoms with Crippen LogP contribution < -0.4 is 0 Å². The lowest BCUT2D eigenvalue weighted by molar-refractivity contribution is 0.776. The Balaban J connectivity index is 1.54. The summed E-state index contributed by atoms with van der Waals surface area (Å²) in [6.07, 6.45) is 0. The van der Waals surface area contributed by atoms with Crippen LogP contribution in [0, 0.1) is 0 Å². The molecule has 0 amide bonds. The monoisotopic (exact) mass is 533 g/mol. The summed E-state index contributed by atoms with van der Waals surface area (Å²) in [7, 11) is 0. The molecule has 0 radical (unpaired) electrons. The molecule has 0 saturated carbocycles. The summed E-state index contributed by atoms with van der Waals surface area (Å²) < 4.78 is 2.36. The topological polar surface area (TPSA) is 30.2 Å². The fraction of sp³-hybridized carbons (Fsp3) is 0.0256. The highest BCUT2D eigenvalue weighted by molar-refractivity contribution is 6.26. The van der Waals surface area contributed by atoms with Crippen LogP contribution in [0.4, 0.5) is 0 Å². The van der Waals surface area contributed by atoms with Gasteiger partial charge in [0, 0.05) is 16.2 Å². The molecule has 3 heterocycles. The Hall–Kier alpha value is -5.54. The maximum atomic E-state index is 5.38. The molecule has 0 N–H and O–H groups in total. The predicted molar refractivity (Wildman–Crippen MR) is 172 cm³/mol. The van der Waals surface area contributed by atoms with Crippen molar-refractivity contribution in [2.45, 2.75) is 5.41 Å². The molecule has 3 heteroatoms. The molecule has 3 nitrogen and oxygen atoms in total. The highest BCUT2D eigenvalue weighted by Crippen LogP contribution is 2.60. The molecule has 0 saturated heterocycles. The van der Waals surface area contributed by atoms with Gasteiger partial charge in [-0.2, -0.15) is 0 Å². The normalized spacial score (nSPS) is 13.9. The van der Waals surface area contributed by atoms with Crippen molar-refractivity contribution in [1.82, 2.24) is 14.4 Å². The van der Waals surface area contributed by atoms with E-state index < -0.39 is 5.41 Å². The van der Waals surface area contributed by atoms with E-state index in [-0.39, 0.29) is 0 Å². The first-order valence-corrected chi connectivity index (χ1v) is 14.4. The summed E-state index contributed by atoms with van der Waals surface area (Å²) in [6.45, 7) is 0. The largest absolute Gasteiger partial charge is 0.291 e. The van der Waals surface area contributed by atoms with Crippen LogP contribution in [0.15, 0.2) is 140 Å². The average Bonchev–Trinajstić information content (AvgIpc) is 3.67. The highest BCUT2D eigenvalue weighted by atomic mass is 15.0. The fourth-order valence-corrected chi connectivity index (χ4v) is 7.82. The Morgan fingerprint density at radius 3 is 1.90 bits per heavy atom. The molecule has 0 aliphatic heterocycles. The molecule has 3 aromatic heterocycles. The van der Waals surface area contributed by atoms with Crippen molar-refractivity contribution < 1.29 is 0 Å². The van der Waals surface area contributed by atoms with E-state index in [0.717, 1.165) is 22.2 Å². The van der Waals surface area contributed by atoms with E-state index in [4.69, 9.17) is 9.97 Å². The van der Waals surface area contributed by atoms with Gasteiger partial charge in [-0.05, 0) is 57.6 Å². The van der Waals surface area contributed by atoms with Crippen molar-refractivity contribution in [3.8, 4) is 11.1 Å². The van der Waals surface area contributed by atoms with Crippen LogP contribution in [0.5, 0.6) is 0 Å². The highest BCUT2D eigenvalue weighted by Gasteiger charge is 2.48. The SMILES string of the molecule is c1ccc(C2(c3ccccc3)c3ccccc3-c3cc4c5ccccc5n5c6nc7ccccc7nc6c(c32)c45)cc1. The number of aromatic nitrogens is 3. The molecule has 42 heavy (non-hydrogen) atoms. The van der Waals surface area contributed by atoms with E-state index in [1.165, 1.54) is 60.6 Å². The van der Waals surface area contributed by atoms with Gasteiger partial charge in [0.15, 0.2) is 5.65 Å². The van der Waals surface area contributed by atoms with Gasteiger partial charge in [-0.1, -0.05) is 115 Å². The summed E-state index contributed by atoms with van der Waals surface area (Å²) in [5.41, 5.74) is 13.2. The Labute approximate surface area is 241 Å². The third kappa shape index (κ3) is 2.53. The van der Waals surface area contributed by atoms with Crippen molar-refractivity contribution in [2.24, 2.45) is 0 Å². The van der Waals surface area contributed by atoms with Gasteiger partial charge in [0.2, 0.25) is 0 Å². The van der Waals surface area contributed by atoms with Gasteiger partial charge in [-0.25, -0.2) is 9.97 Å². The van der Waals surface area contributed by atoms with Crippen molar-refractivity contribution >= 4 is 49.4 Å². The quantitative estimate of drug-likeness (QED) is 0.222. The molecular formula is C39H23N3. The standard InChI is InChI=1S/C39H23N3/c1-3-13-24(14-4-1)39(25-15-5-2-6-16-25)30-19-9-7-17-26(30)28-23-29-27-18-8-12-22-33(27)42-37(29)34(35(28)39)36-38(42)41-32-21-11-10-20-31(32)40-36/h1-23H. The fourth-order valence-electron chi connectivity index (χ4n) is 7.82. The van der Waals surface area contributed by atoms with E-state index in [9.17, 15) is 0 Å². The molecule has 1 aliphatic rings. The summed E-state index contributed by atoms with van der Waals surface area (Å²) >= 11 is 0. The van der Waals surface area contributed by atoms with Crippen molar-refractivity contribution in [3.63, 3.8) is 0 Å². The first kappa shape index (κ1) is 22.2. The molecule has 9 aromatic rings. The van der Waals surface area contributed by atoms with Gasteiger partial charge in [0.1, 0.15) is 5.52 Å². The first-order valence-electron chi connectivity index (χ1n) is 14.4. The second-order valence-electron chi connectivity index (χ2n) is 11.3. The Bertz CT molecular complexity index is 2470. The number of fused-ring (bicyclic) bond motifs is 11. The molecule has 0 unspecified atom stereocenters. The summed E-state index contributed by atoms with van der Waals surface area (Å²) in [5, 5.41) is 3.68. The summed E-state index contributed by atoms with van der Waals surface area (Å²) in [6, 6.07) is 50.4. The van der Waals surface area contributed by atoms with Gasteiger partial charge in [0.05, 0.1) is 27.5 Å². The van der Waals surface area contributed by atoms with Crippen LogP contribution in [0.3, 0.4) is 0 Å². The minimum Gasteiger partial charge on any atom is -0.291 e. The van der Waals surface area contributed by atoms with Gasteiger partial charge < -0.3 is 0 Å². The lowest BCUT2D eigenvalue weighted by Gasteiger charge is -2.34. The smallest absolute Gasteiger partial charge is 0.165 e. The van der Waals surface area contributed by atoms with Crippen LogP contribution in [0.2, 0.25) is 0 Å². The molecule has 1 aliphatic carbocycles. The number of hydrogen-bond acceptors (Lipinski definition) is 2. The van der Waals surface area contributed by atoms with E-state index in [1.807, 2.05) is 12.1 Å². The molecule has 0 fully saturated rings. The van der Waals surface area contributed by atoms with E-state index >= 15 is 0 Å².